The quantitative estimate of drug-likeness (QED) is 0.842. The van der Waals surface area contributed by atoms with Gasteiger partial charge in [-0.2, -0.15) is 0 Å². The summed E-state index contributed by atoms with van der Waals surface area (Å²) in [5.74, 6) is -0.691. The molecule has 1 amide bonds. The molecule has 0 aliphatic rings. The second kappa shape index (κ2) is 7.12. The van der Waals surface area contributed by atoms with Crippen LogP contribution in [0, 0.1) is 0 Å². The Balaban J connectivity index is 2.09. The molecular weight excluding hydrogens is 306 g/mol. The number of carbonyl (C=O) groups excluding carboxylic acids is 2. The Morgan fingerprint density at radius 1 is 1.00 bits per heavy atom. The molecule has 2 N–H and O–H groups in total. The third kappa shape index (κ3) is 4.81. The van der Waals surface area contributed by atoms with Crippen molar-refractivity contribution in [2.75, 3.05) is 17.7 Å². The summed E-state index contributed by atoms with van der Waals surface area (Å²) in [7, 11) is 1.32. The second-order valence-corrected chi connectivity index (χ2v) is 6.36. The maximum absolute atomic E-state index is 12.3. The number of nitrogens with one attached hydrogen (secondary N) is 2. The molecule has 0 aliphatic carbocycles. The van der Waals surface area contributed by atoms with E-state index in [1.54, 1.807) is 36.5 Å². The van der Waals surface area contributed by atoms with Gasteiger partial charge in [-0.05, 0) is 51.1 Å². The van der Waals surface area contributed by atoms with Crippen LogP contribution in [0.25, 0.3) is 0 Å². The van der Waals surface area contributed by atoms with Gasteiger partial charge in [-0.3, -0.25) is 9.78 Å². The van der Waals surface area contributed by atoms with Crippen molar-refractivity contribution < 1.29 is 14.3 Å². The highest BCUT2D eigenvalue weighted by molar-refractivity contribution is 6.04. The van der Waals surface area contributed by atoms with Gasteiger partial charge in [0.05, 0.1) is 23.9 Å². The first-order valence-corrected chi connectivity index (χ1v) is 7.51. The van der Waals surface area contributed by atoms with Crippen molar-refractivity contribution in [1.82, 2.24) is 4.98 Å². The molecule has 2 aromatic rings. The fourth-order valence-electron chi connectivity index (χ4n) is 2.08. The Bertz CT molecular complexity index is 734. The Morgan fingerprint density at radius 2 is 1.67 bits per heavy atom. The first kappa shape index (κ1) is 17.5. The van der Waals surface area contributed by atoms with E-state index in [1.807, 2.05) is 20.8 Å². The highest BCUT2D eigenvalue weighted by Gasteiger charge is 2.12. The number of benzene rings is 1. The van der Waals surface area contributed by atoms with Crippen LogP contribution in [-0.4, -0.2) is 29.5 Å². The maximum atomic E-state index is 12.3. The number of rotatable bonds is 4. The number of ether oxygens (including phenoxy) is 1. The van der Waals surface area contributed by atoms with Gasteiger partial charge in [-0.1, -0.05) is 0 Å². The van der Waals surface area contributed by atoms with E-state index in [-0.39, 0.29) is 11.4 Å². The van der Waals surface area contributed by atoms with Gasteiger partial charge in [0.25, 0.3) is 5.91 Å². The Morgan fingerprint density at radius 3 is 2.25 bits per heavy atom. The molecule has 0 unspecified atom stereocenters. The molecule has 0 fully saturated rings. The highest BCUT2D eigenvalue weighted by Crippen LogP contribution is 2.16. The van der Waals surface area contributed by atoms with Crippen LogP contribution >= 0.6 is 0 Å². The largest absolute Gasteiger partial charge is 0.465 e. The summed E-state index contributed by atoms with van der Waals surface area (Å²) in [5.41, 5.74) is 2.10. The zero-order valence-corrected chi connectivity index (χ0v) is 14.2. The topological polar surface area (TPSA) is 80.3 Å². The summed E-state index contributed by atoms with van der Waals surface area (Å²) in [6.45, 7) is 6.09. The van der Waals surface area contributed by atoms with Crippen LogP contribution < -0.4 is 10.6 Å². The lowest BCUT2D eigenvalue weighted by Crippen LogP contribution is -2.26. The molecule has 0 saturated carbocycles. The highest BCUT2D eigenvalue weighted by atomic mass is 16.5. The van der Waals surface area contributed by atoms with E-state index in [9.17, 15) is 9.59 Å². The van der Waals surface area contributed by atoms with E-state index in [0.717, 1.165) is 5.69 Å². The lowest BCUT2D eigenvalue weighted by atomic mass is 10.1. The molecule has 1 aromatic carbocycles. The SMILES string of the molecule is COC(=O)c1ccc(NC(=O)c2cncc(NC(C)(C)C)c2)cc1. The molecule has 0 bridgehead atoms. The Kier molecular flexibility index (Phi) is 5.18. The fraction of sp³-hybridized carbons (Fsp3) is 0.278. The zero-order chi connectivity index (χ0) is 17.7. The minimum Gasteiger partial charge on any atom is -0.465 e. The van der Waals surface area contributed by atoms with E-state index in [4.69, 9.17) is 0 Å². The third-order valence-electron chi connectivity index (χ3n) is 3.08. The minimum atomic E-state index is -0.418. The number of nitrogens with zero attached hydrogens (tertiary/aromatic N) is 1. The minimum absolute atomic E-state index is 0.125. The maximum Gasteiger partial charge on any atom is 0.337 e. The summed E-state index contributed by atoms with van der Waals surface area (Å²) in [6, 6.07) is 8.23. The molecule has 6 nitrogen and oxygen atoms in total. The monoisotopic (exact) mass is 327 g/mol. The molecule has 1 heterocycles. The van der Waals surface area contributed by atoms with Crippen LogP contribution in [0.3, 0.4) is 0 Å². The van der Waals surface area contributed by atoms with Gasteiger partial charge < -0.3 is 15.4 Å². The van der Waals surface area contributed by atoms with Crippen LogP contribution in [-0.2, 0) is 4.74 Å². The molecule has 1 aromatic heterocycles. The van der Waals surface area contributed by atoms with Gasteiger partial charge in [-0.25, -0.2) is 4.79 Å². The molecular formula is C18H21N3O3. The number of hydrogen-bond acceptors (Lipinski definition) is 5. The van der Waals surface area contributed by atoms with E-state index < -0.39 is 5.97 Å². The summed E-state index contributed by atoms with van der Waals surface area (Å²) in [6.07, 6.45) is 3.18. The Hall–Kier alpha value is -2.89. The number of esters is 1. The van der Waals surface area contributed by atoms with Crippen molar-refractivity contribution in [3.05, 3.63) is 53.9 Å². The number of methoxy groups -OCH3 is 1. The van der Waals surface area contributed by atoms with Gasteiger partial charge in [0.2, 0.25) is 0 Å². The van der Waals surface area contributed by atoms with Crippen molar-refractivity contribution in [2.24, 2.45) is 0 Å². The molecule has 126 valence electrons. The van der Waals surface area contributed by atoms with E-state index in [1.165, 1.54) is 13.3 Å². The van der Waals surface area contributed by atoms with Crippen LogP contribution in [0.5, 0.6) is 0 Å². The van der Waals surface area contributed by atoms with Crippen molar-refractivity contribution in [3.63, 3.8) is 0 Å². The molecule has 24 heavy (non-hydrogen) atoms. The molecule has 0 saturated heterocycles. The smallest absolute Gasteiger partial charge is 0.337 e. The number of hydrogen-bond donors (Lipinski definition) is 2. The van der Waals surface area contributed by atoms with Crippen LogP contribution in [0.1, 0.15) is 41.5 Å². The first-order chi connectivity index (χ1) is 11.3. The molecule has 0 atom stereocenters. The molecule has 2 rings (SSSR count). The van der Waals surface area contributed by atoms with Crippen molar-refractivity contribution in [1.29, 1.82) is 0 Å². The lowest BCUT2D eigenvalue weighted by molar-refractivity contribution is 0.0600. The van der Waals surface area contributed by atoms with E-state index in [0.29, 0.717) is 16.8 Å². The predicted octanol–water partition coefficient (Wildman–Crippen LogP) is 3.33. The molecule has 0 spiro atoms. The Labute approximate surface area is 141 Å². The summed E-state index contributed by atoms with van der Waals surface area (Å²) in [5, 5.41) is 6.05. The summed E-state index contributed by atoms with van der Waals surface area (Å²) < 4.78 is 4.64. The van der Waals surface area contributed by atoms with Gasteiger partial charge in [0, 0.05) is 23.6 Å². The van der Waals surface area contributed by atoms with Gasteiger partial charge in [-0.15, -0.1) is 0 Å². The summed E-state index contributed by atoms with van der Waals surface area (Å²) >= 11 is 0. The average Bonchev–Trinajstić information content (AvgIpc) is 2.53. The second-order valence-electron chi connectivity index (χ2n) is 6.36. The van der Waals surface area contributed by atoms with Crippen LogP contribution in [0.2, 0.25) is 0 Å². The standard InChI is InChI=1S/C18H21N3O3/c1-18(2,3)21-15-9-13(10-19-11-15)16(22)20-14-7-5-12(6-8-14)17(23)24-4/h5-11,21H,1-4H3,(H,20,22). The predicted molar refractivity (Wildman–Crippen MR) is 93.3 cm³/mol. The average molecular weight is 327 g/mol. The van der Waals surface area contributed by atoms with Crippen molar-refractivity contribution >= 4 is 23.3 Å². The molecule has 0 radical (unpaired) electrons. The lowest BCUT2D eigenvalue weighted by Gasteiger charge is -2.22. The third-order valence-corrected chi connectivity index (χ3v) is 3.08. The van der Waals surface area contributed by atoms with Crippen LogP contribution in [0.4, 0.5) is 11.4 Å². The number of pyridine rings is 1. The van der Waals surface area contributed by atoms with Crippen LogP contribution in [0.15, 0.2) is 42.7 Å². The van der Waals surface area contributed by atoms with Crippen molar-refractivity contribution in [3.8, 4) is 0 Å². The summed E-state index contributed by atoms with van der Waals surface area (Å²) in [4.78, 5) is 27.8. The van der Waals surface area contributed by atoms with Gasteiger partial charge >= 0.3 is 5.97 Å². The number of amides is 1. The fourth-order valence-corrected chi connectivity index (χ4v) is 2.08. The number of carbonyl (C=O) groups is 2. The first-order valence-electron chi connectivity index (χ1n) is 7.51. The molecule has 6 heteroatoms. The van der Waals surface area contributed by atoms with Gasteiger partial charge in [0.1, 0.15) is 0 Å². The number of aromatic nitrogens is 1. The van der Waals surface area contributed by atoms with E-state index >= 15 is 0 Å². The van der Waals surface area contributed by atoms with E-state index in [2.05, 4.69) is 20.4 Å². The molecule has 0 aliphatic heterocycles. The number of anilines is 2. The zero-order valence-electron chi connectivity index (χ0n) is 14.2. The van der Waals surface area contributed by atoms with Crippen molar-refractivity contribution in [2.45, 2.75) is 26.3 Å². The van der Waals surface area contributed by atoms with Gasteiger partial charge in [0.15, 0.2) is 0 Å². The normalized spacial score (nSPS) is 10.8.